The van der Waals surface area contributed by atoms with Crippen LogP contribution in [0, 0.1) is 5.82 Å². The van der Waals surface area contributed by atoms with Crippen molar-refractivity contribution < 1.29 is 14.3 Å². The van der Waals surface area contributed by atoms with Crippen molar-refractivity contribution in [3.05, 3.63) is 71.8 Å². The molecule has 0 bridgehead atoms. The lowest BCUT2D eigenvalue weighted by atomic mass is 10.1. The second-order valence-corrected chi connectivity index (χ2v) is 5.03. The third kappa shape index (κ3) is 3.42. The molecule has 0 saturated carbocycles. The minimum atomic E-state index is -1.08. The van der Waals surface area contributed by atoms with Crippen LogP contribution in [0.1, 0.15) is 16.1 Å². The predicted molar refractivity (Wildman–Crippen MR) is 82.5 cm³/mol. The Labute approximate surface area is 132 Å². The number of rotatable bonds is 5. The average molecular weight is 311 g/mol. The molecule has 1 aromatic carbocycles. The molecule has 0 atom stereocenters. The van der Waals surface area contributed by atoms with Crippen molar-refractivity contribution in [3.8, 4) is 11.4 Å². The van der Waals surface area contributed by atoms with Crippen LogP contribution in [0.5, 0.6) is 0 Å². The summed E-state index contributed by atoms with van der Waals surface area (Å²) in [5.41, 5.74) is 2.23. The Kier molecular flexibility index (Phi) is 4.14. The van der Waals surface area contributed by atoms with Crippen molar-refractivity contribution in [1.29, 1.82) is 0 Å². The van der Waals surface area contributed by atoms with Crippen LogP contribution in [0.25, 0.3) is 11.4 Å². The molecular weight excluding hydrogens is 297 g/mol. The number of hydrogen-bond donors (Lipinski definition) is 1. The molecule has 23 heavy (non-hydrogen) atoms. The SMILES string of the molecule is O=C(O)c1cc(-c2ccccn2)n(CCc2ccc(F)cc2)n1. The van der Waals surface area contributed by atoms with Gasteiger partial charge in [-0.05, 0) is 36.2 Å². The molecule has 0 radical (unpaired) electrons. The topological polar surface area (TPSA) is 68.0 Å². The summed E-state index contributed by atoms with van der Waals surface area (Å²) in [6.45, 7) is 0.477. The number of aryl methyl sites for hydroxylation is 2. The highest BCUT2D eigenvalue weighted by atomic mass is 19.1. The fourth-order valence-corrected chi connectivity index (χ4v) is 2.30. The van der Waals surface area contributed by atoms with E-state index in [4.69, 9.17) is 5.11 Å². The highest BCUT2D eigenvalue weighted by molar-refractivity contribution is 5.86. The fourth-order valence-electron chi connectivity index (χ4n) is 2.30. The van der Waals surface area contributed by atoms with Gasteiger partial charge >= 0.3 is 5.97 Å². The normalized spacial score (nSPS) is 10.7. The van der Waals surface area contributed by atoms with Gasteiger partial charge in [-0.3, -0.25) is 9.67 Å². The van der Waals surface area contributed by atoms with Crippen molar-refractivity contribution in [2.75, 3.05) is 0 Å². The molecule has 2 aromatic heterocycles. The summed E-state index contributed by atoms with van der Waals surface area (Å²) in [5, 5.41) is 13.3. The second kappa shape index (κ2) is 6.39. The van der Waals surface area contributed by atoms with Gasteiger partial charge in [0, 0.05) is 18.8 Å². The number of carbonyl (C=O) groups is 1. The van der Waals surface area contributed by atoms with E-state index < -0.39 is 5.97 Å². The Morgan fingerprint density at radius 1 is 1.17 bits per heavy atom. The third-order valence-electron chi connectivity index (χ3n) is 3.45. The molecule has 1 N–H and O–H groups in total. The lowest BCUT2D eigenvalue weighted by Crippen LogP contribution is -2.07. The molecule has 0 aliphatic carbocycles. The van der Waals surface area contributed by atoms with E-state index in [-0.39, 0.29) is 11.5 Å². The number of nitrogens with zero attached hydrogens (tertiary/aromatic N) is 3. The number of hydrogen-bond acceptors (Lipinski definition) is 3. The van der Waals surface area contributed by atoms with Gasteiger partial charge in [-0.2, -0.15) is 5.10 Å². The molecule has 5 nitrogen and oxygen atoms in total. The number of benzene rings is 1. The Balaban J connectivity index is 1.88. The van der Waals surface area contributed by atoms with Crippen molar-refractivity contribution >= 4 is 5.97 Å². The van der Waals surface area contributed by atoms with Gasteiger partial charge in [-0.15, -0.1) is 0 Å². The summed E-state index contributed by atoms with van der Waals surface area (Å²) in [6.07, 6.45) is 2.26. The van der Waals surface area contributed by atoms with Gasteiger partial charge in [0.1, 0.15) is 5.82 Å². The van der Waals surface area contributed by atoms with E-state index in [0.717, 1.165) is 5.56 Å². The summed E-state index contributed by atoms with van der Waals surface area (Å²) in [6, 6.07) is 13.2. The van der Waals surface area contributed by atoms with Gasteiger partial charge in [0.15, 0.2) is 5.69 Å². The van der Waals surface area contributed by atoms with E-state index in [1.165, 1.54) is 18.2 Å². The molecule has 2 heterocycles. The van der Waals surface area contributed by atoms with Crippen molar-refractivity contribution in [3.63, 3.8) is 0 Å². The van der Waals surface area contributed by atoms with E-state index in [1.54, 1.807) is 35.1 Å². The van der Waals surface area contributed by atoms with Gasteiger partial charge in [-0.25, -0.2) is 9.18 Å². The zero-order chi connectivity index (χ0) is 16.2. The minimum absolute atomic E-state index is 0.0234. The van der Waals surface area contributed by atoms with Crippen LogP contribution in [-0.2, 0) is 13.0 Å². The summed E-state index contributed by atoms with van der Waals surface area (Å²) < 4.78 is 14.6. The van der Waals surface area contributed by atoms with Crippen molar-refractivity contribution in [1.82, 2.24) is 14.8 Å². The molecule has 0 spiro atoms. The molecule has 0 amide bonds. The summed E-state index contributed by atoms with van der Waals surface area (Å²) in [4.78, 5) is 15.4. The van der Waals surface area contributed by atoms with E-state index in [0.29, 0.717) is 24.4 Å². The van der Waals surface area contributed by atoms with Crippen LogP contribution in [0.2, 0.25) is 0 Å². The van der Waals surface area contributed by atoms with Crippen LogP contribution >= 0.6 is 0 Å². The largest absolute Gasteiger partial charge is 0.476 e. The minimum Gasteiger partial charge on any atom is -0.476 e. The van der Waals surface area contributed by atoms with Gasteiger partial charge in [0.25, 0.3) is 0 Å². The number of pyridine rings is 1. The first kappa shape index (κ1) is 14.9. The maximum absolute atomic E-state index is 12.9. The molecule has 0 aliphatic rings. The van der Waals surface area contributed by atoms with Crippen LogP contribution in [0.15, 0.2) is 54.7 Å². The number of carboxylic acids is 1. The van der Waals surface area contributed by atoms with Crippen LogP contribution < -0.4 is 0 Å². The lowest BCUT2D eigenvalue weighted by Gasteiger charge is -2.07. The van der Waals surface area contributed by atoms with Gasteiger partial charge in [0.05, 0.1) is 11.4 Å². The van der Waals surface area contributed by atoms with Crippen LogP contribution in [-0.4, -0.2) is 25.8 Å². The van der Waals surface area contributed by atoms with Gasteiger partial charge < -0.3 is 5.11 Å². The fraction of sp³-hybridized carbons (Fsp3) is 0.118. The summed E-state index contributed by atoms with van der Waals surface area (Å²) in [5.74, 6) is -1.36. The molecule has 3 aromatic rings. The maximum atomic E-state index is 12.9. The van der Waals surface area contributed by atoms with Crippen molar-refractivity contribution in [2.24, 2.45) is 0 Å². The molecule has 0 saturated heterocycles. The van der Waals surface area contributed by atoms with Gasteiger partial charge in [-0.1, -0.05) is 18.2 Å². The lowest BCUT2D eigenvalue weighted by molar-refractivity contribution is 0.0689. The Morgan fingerprint density at radius 3 is 2.61 bits per heavy atom. The van der Waals surface area contributed by atoms with E-state index in [2.05, 4.69) is 10.1 Å². The second-order valence-electron chi connectivity index (χ2n) is 5.03. The number of aromatic carboxylic acids is 1. The first-order chi connectivity index (χ1) is 11.1. The third-order valence-corrected chi connectivity index (χ3v) is 3.45. The average Bonchev–Trinajstić information content (AvgIpc) is 3.00. The van der Waals surface area contributed by atoms with E-state index in [1.807, 2.05) is 6.07 Å². The smallest absolute Gasteiger partial charge is 0.356 e. The Hall–Kier alpha value is -3.02. The molecule has 0 aliphatic heterocycles. The number of aromatic nitrogens is 3. The molecule has 116 valence electrons. The number of halogens is 1. The zero-order valence-corrected chi connectivity index (χ0v) is 12.2. The predicted octanol–water partition coefficient (Wildman–Crippen LogP) is 3.03. The maximum Gasteiger partial charge on any atom is 0.356 e. The first-order valence-corrected chi connectivity index (χ1v) is 7.10. The van der Waals surface area contributed by atoms with Crippen molar-refractivity contribution in [2.45, 2.75) is 13.0 Å². The van der Waals surface area contributed by atoms with E-state index in [9.17, 15) is 9.18 Å². The van der Waals surface area contributed by atoms with Crippen LogP contribution in [0.4, 0.5) is 4.39 Å². The molecule has 0 fully saturated rings. The highest BCUT2D eigenvalue weighted by Gasteiger charge is 2.15. The quantitative estimate of drug-likeness (QED) is 0.786. The first-order valence-electron chi connectivity index (χ1n) is 7.10. The number of carboxylic acid groups (broad SMARTS) is 1. The van der Waals surface area contributed by atoms with E-state index >= 15 is 0 Å². The Bertz CT molecular complexity index is 814. The molecular formula is C17H14FN3O2. The monoisotopic (exact) mass is 311 g/mol. The highest BCUT2D eigenvalue weighted by Crippen LogP contribution is 2.19. The molecule has 0 unspecified atom stereocenters. The zero-order valence-electron chi connectivity index (χ0n) is 12.2. The summed E-state index contributed by atoms with van der Waals surface area (Å²) in [7, 11) is 0. The van der Waals surface area contributed by atoms with Gasteiger partial charge in [0.2, 0.25) is 0 Å². The van der Waals surface area contributed by atoms with Crippen LogP contribution in [0.3, 0.4) is 0 Å². The summed E-state index contributed by atoms with van der Waals surface area (Å²) >= 11 is 0. The molecule has 3 rings (SSSR count). The standard InChI is InChI=1S/C17H14FN3O2/c18-13-6-4-12(5-7-13)8-10-21-16(11-15(20-21)17(22)23)14-3-1-2-9-19-14/h1-7,9,11H,8,10H2,(H,22,23). The molecule has 6 heteroatoms. The Morgan fingerprint density at radius 2 is 1.96 bits per heavy atom.